The van der Waals surface area contributed by atoms with E-state index in [4.69, 9.17) is 9.15 Å². The van der Waals surface area contributed by atoms with Gasteiger partial charge in [-0.3, -0.25) is 9.67 Å². The number of hydrogen-bond donors (Lipinski definition) is 1. The van der Waals surface area contributed by atoms with Gasteiger partial charge in [-0.25, -0.2) is 4.39 Å². The number of hydrogen-bond acceptors (Lipinski definition) is 5. The molecule has 6 nitrogen and oxygen atoms in total. The third-order valence-electron chi connectivity index (χ3n) is 6.05. The summed E-state index contributed by atoms with van der Waals surface area (Å²) in [6, 6.07) is 5.49. The lowest BCUT2D eigenvalue weighted by Gasteiger charge is -2.24. The molecule has 4 aromatic rings. The topological polar surface area (TPSA) is 65.1 Å². The van der Waals surface area contributed by atoms with Crippen LogP contribution >= 0.6 is 0 Å². The molecule has 4 heterocycles. The molecule has 0 radical (unpaired) electrons. The Balaban J connectivity index is 1.40. The third-order valence-corrected chi connectivity index (χ3v) is 6.05. The van der Waals surface area contributed by atoms with Crippen molar-refractivity contribution < 1.29 is 13.5 Å². The van der Waals surface area contributed by atoms with Crippen LogP contribution < -0.4 is 5.32 Å². The van der Waals surface area contributed by atoms with E-state index in [1.807, 2.05) is 61.5 Å². The summed E-state index contributed by atoms with van der Waals surface area (Å²) >= 11 is 0. The lowest BCUT2D eigenvalue weighted by Crippen LogP contribution is -2.22. The molecule has 0 amide bonds. The van der Waals surface area contributed by atoms with Gasteiger partial charge in [0.2, 0.25) is 0 Å². The molecule has 1 aliphatic rings. The number of aryl methyl sites for hydroxylation is 2. The van der Waals surface area contributed by atoms with Gasteiger partial charge in [0.05, 0.1) is 18.5 Å². The highest BCUT2D eigenvalue weighted by molar-refractivity contribution is 5.85. The molecule has 0 bridgehead atoms. The molecule has 34 heavy (non-hydrogen) atoms. The normalized spacial score (nSPS) is 16.7. The Morgan fingerprint density at radius 3 is 2.79 bits per heavy atom. The van der Waals surface area contributed by atoms with Gasteiger partial charge in [-0.15, -0.1) is 0 Å². The van der Waals surface area contributed by atoms with E-state index in [0.717, 1.165) is 39.9 Å². The molecule has 0 aliphatic carbocycles. The molecule has 0 saturated carbocycles. The summed E-state index contributed by atoms with van der Waals surface area (Å²) in [5.74, 6) is 0.217. The maximum Gasteiger partial charge on any atom is 0.169 e. The van der Waals surface area contributed by atoms with Gasteiger partial charge in [0.25, 0.3) is 0 Å². The number of aromatic nitrogens is 3. The summed E-state index contributed by atoms with van der Waals surface area (Å²) in [7, 11) is 0. The molecule has 3 aromatic heterocycles. The molecular formula is C27H27FN4O2. The van der Waals surface area contributed by atoms with Gasteiger partial charge in [0, 0.05) is 59.0 Å². The van der Waals surface area contributed by atoms with Crippen LogP contribution in [-0.4, -0.2) is 20.9 Å². The highest BCUT2D eigenvalue weighted by atomic mass is 19.1. The first-order chi connectivity index (χ1) is 16.4. The maximum absolute atomic E-state index is 14.6. The minimum atomic E-state index is -0.399. The number of pyridine rings is 1. The van der Waals surface area contributed by atoms with E-state index in [9.17, 15) is 4.39 Å². The van der Waals surface area contributed by atoms with Crippen molar-refractivity contribution >= 4 is 16.7 Å². The fourth-order valence-corrected chi connectivity index (χ4v) is 4.18. The first-order valence-electron chi connectivity index (χ1n) is 11.4. The Kier molecular flexibility index (Phi) is 5.69. The van der Waals surface area contributed by atoms with Crippen LogP contribution in [0.15, 0.2) is 71.5 Å². The predicted molar refractivity (Wildman–Crippen MR) is 130 cm³/mol. The number of allylic oxidation sites excluding steroid dienone is 1. The molecule has 5 rings (SSSR count). The van der Waals surface area contributed by atoms with E-state index >= 15 is 0 Å². The van der Waals surface area contributed by atoms with Crippen molar-refractivity contribution in [1.82, 2.24) is 20.1 Å². The van der Waals surface area contributed by atoms with Gasteiger partial charge >= 0.3 is 0 Å². The molecule has 0 saturated heterocycles. The van der Waals surface area contributed by atoms with Crippen LogP contribution in [0.4, 0.5) is 4.39 Å². The largest absolute Gasteiger partial charge is 0.486 e. The van der Waals surface area contributed by atoms with Crippen LogP contribution in [0.5, 0.6) is 0 Å². The Bertz CT molecular complexity index is 1420. The minimum absolute atomic E-state index is 0.00180. The standard InChI is InChI=1S/C27H27FN4O2/c1-5-32-14-22(13-30-32)21-7-20(11-29-12-21)18(4)31-23-6-17(3)34-26(10-23)19-8-24-16(2)15-33-27(24)25(28)9-19/h6-15,17-18,31H,5H2,1-4H3. The third kappa shape index (κ3) is 4.21. The molecule has 174 valence electrons. The first kappa shape index (κ1) is 21.9. The average Bonchev–Trinajstić information content (AvgIpc) is 3.46. The van der Waals surface area contributed by atoms with E-state index in [-0.39, 0.29) is 17.7 Å². The van der Waals surface area contributed by atoms with E-state index in [2.05, 4.69) is 35.3 Å². The molecule has 1 aromatic carbocycles. The summed E-state index contributed by atoms with van der Waals surface area (Å²) in [5.41, 5.74) is 5.86. The van der Waals surface area contributed by atoms with Crippen molar-refractivity contribution in [3.8, 4) is 11.1 Å². The van der Waals surface area contributed by atoms with Gasteiger partial charge in [0.15, 0.2) is 11.4 Å². The second-order valence-electron chi connectivity index (χ2n) is 8.66. The van der Waals surface area contributed by atoms with Crippen LogP contribution in [0.3, 0.4) is 0 Å². The van der Waals surface area contributed by atoms with Crippen molar-refractivity contribution in [2.45, 2.75) is 46.4 Å². The number of fused-ring (bicyclic) bond motifs is 1. The number of benzene rings is 1. The second kappa shape index (κ2) is 8.82. The van der Waals surface area contributed by atoms with Crippen molar-refractivity contribution in [1.29, 1.82) is 0 Å². The van der Waals surface area contributed by atoms with Crippen LogP contribution in [0.1, 0.15) is 43.5 Å². The minimum Gasteiger partial charge on any atom is -0.486 e. The van der Waals surface area contributed by atoms with Crippen LogP contribution in [0, 0.1) is 12.7 Å². The highest BCUT2D eigenvalue weighted by Crippen LogP contribution is 2.31. The van der Waals surface area contributed by atoms with Gasteiger partial charge in [-0.1, -0.05) is 0 Å². The Morgan fingerprint density at radius 2 is 2.00 bits per heavy atom. The molecule has 2 unspecified atom stereocenters. The van der Waals surface area contributed by atoms with Crippen LogP contribution in [0.2, 0.25) is 0 Å². The fourth-order valence-electron chi connectivity index (χ4n) is 4.18. The fraction of sp³-hybridized carbons (Fsp3) is 0.259. The van der Waals surface area contributed by atoms with E-state index in [0.29, 0.717) is 11.3 Å². The van der Waals surface area contributed by atoms with E-state index < -0.39 is 5.82 Å². The average molecular weight is 459 g/mol. The summed E-state index contributed by atoms with van der Waals surface area (Å²) in [6.45, 7) is 8.84. The number of nitrogens with one attached hydrogen (secondary N) is 1. The van der Waals surface area contributed by atoms with Crippen molar-refractivity contribution in [2.75, 3.05) is 0 Å². The number of furan rings is 1. The Hall–Kier alpha value is -3.87. The summed E-state index contributed by atoms with van der Waals surface area (Å²) in [5, 5.41) is 8.66. The monoisotopic (exact) mass is 458 g/mol. The zero-order chi connectivity index (χ0) is 23.8. The number of rotatable bonds is 6. The maximum atomic E-state index is 14.6. The SMILES string of the molecule is CCn1cc(-c2cncc(C(C)NC3=CC(C)OC(c4cc(F)c5occ(C)c5c4)=C3)c2)cn1. The Morgan fingerprint density at radius 1 is 1.15 bits per heavy atom. The summed E-state index contributed by atoms with van der Waals surface area (Å²) in [6.07, 6.45) is 12.9. The molecule has 1 N–H and O–H groups in total. The van der Waals surface area contributed by atoms with Crippen LogP contribution in [0.25, 0.3) is 27.9 Å². The van der Waals surface area contributed by atoms with Crippen molar-refractivity contribution in [3.05, 3.63) is 89.6 Å². The van der Waals surface area contributed by atoms with E-state index in [1.54, 1.807) is 6.26 Å². The number of halogens is 1. The highest BCUT2D eigenvalue weighted by Gasteiger charge is 2.19. The van der Waals surface area contributed by atoms with Gasteiger partial charge in [-0.2, -0.15) is 5.10 Å². The van der Waals surface area contributed by atoms with Crippen molar-refractivity contribution in [3.63, 3.8) is 0 Å². The molecule has 0 fully saturated rings. The molecule has 7 heteroatoms. The lowest BCUT2D eigenvalue weighted by molar-refractivity contribution is 0.224. The molecular weight excluding hydrogens is 431 g/mol. The molecule has 1 aliphatic heterocycles. The lowest BCUT2D eigenvalue weighted by atomic mass is 10.0. The molecule has 2 atom stereocenters. The van der Waals surface area contributed by atoms with Gasteiger partial charge < -0.3 is 14.5 Å². The predicted octanol–water partition coefficient (Wildman–Crippen LogP) is 6.15. The van der Waals surface area contributed by atoms with Gasteiger partial charge in [-0.05, 0) is 63.1 Å². The zero-order valence-electron chi connectivity index (χ0n) is 19.7. The van der Waals surface area contributed by atoms with Gasteiger partial charge in [0.1, 0.15) is 11.9 Å². The quantitative estimate of drug-likeness (QED) is 0.375. The zero-order valence-corrected chi connectivity index (χ0v) is 19.7. The first-order valence-corrected chi connectivity index (χ1v) is 11.4. The Labute approximate surface area is 197 Å². The van der Waals surface area contributed by atoms with Crippen LogP contribution in [-0.2, 0) is 11.3 Å². The molecule has 0 spiro atoms. The number of ether oxygens (including phenoxy) is 1. The smallest absolute Gasteiger partial charge is 0.169 e. The summed E-state index contributed by atoms with van der Waals surface area (Å²) < 4.78 is 27.9. The second-order valence-corrected chi connectivity index (χ2v) is 8.66. The van der Waals surface area contributed by atoms with Crippen molar-refractivity contribution in [2.24, 2.45) is 0 Å². The summed E-state index contributed by atoms with van der Waals surface area (Å²) in [4.78, 5) is 4.44. The number of nitrogens with zero attached hydrogens (tertiary/aromatic N) is 3. The van der Waals surface area contributed by atoms with E-state index in [1.165, 1.54) is 6.07 Å².